The molecule has 5 nitrogen and oxygen atoms in total. The molecule has 198 valence electrons. The number of fused-ring (bicyclic) bond motifs is 2. The summed E-state index contributed by atoms with van der Waals surface area (Å²) in [5.41, 5.74) is 6.42. The van der Waals surface area contributed by atoms with E-state index in [0.29, 0.717) is 23.4 Å². The molecule has 0 N–H and O–H groups in total. The third-order valence-electron chi connectivity index (χ3n) is 12.1. The molecular formula is C32H44N4O. The maximum absolute atomic E-state index is 7.59. The highest BCUT2D eigenvalue weighted by Gasteiger charge is 2.67. The second-order valence-corrected chi connectivity index (χ2v) is 13.8. The van der Waals surface area contributed by atoms with Gasteiger partial charge in [0.15, 0.2) is 0 Å². The Balaban J connectivity index is 1.07. The number of hydrogen-bond donors (Lipinski definition) is 0. The smallest absolute Gasteiger partial charge is 0.0975 e. The molecule has 5 heterocycles. The van der Waals surface area contributed by atoms with Crippen LogP contribution in [0.2, 0.25) is 0 Å². The molecule has 2 spiro atoms. The third-order valence-corrected chi connectivity index (χ3v) is 12.1. The van der Waals surface area contributed by atoms with Gasteiger partial charge >= 0.3 is 0 Å². The van der Waals surface area contributed by atoms with Crippen LogP contribution in [0, 0.1) is 11.3 Å². The van der Waals surface area contributed by atoms with E-state index in [1.807, 2.05) is 6.20 Å². The minimum Gasteiger partial charge on any atom is -0.359 e. The van der Waals surface area contributed by atoms with Gasteiger partial charge in [-0.2, -0.15) is 0 Å². The molecule has 0 radical (unpaired) electrons. The Morgan fingerprint density at radius 2 is 1.86 bits per heavy atom. The van der Waals surface area contributed by atoms with Crippen LogP contribution in [-0.4, -0.2) is 82.7 Å². The zero-order chi connectivity index (χ0) is 24.8. The van der Waals surface area contributed by atoms with Crippen molar-refractivity contribution in [2.45, 2.75) is 94.5 Å². The largest absolute Gasteiger partial charge is 0.359 e. The Morgan fingerprint density at radius 3 is 2.76 bits per heavy atom. The molecule has 6 atom stereocenters. The Kier molecular flexibility index (Phi) is 5.20. The lowest BCUT2D eigenvalue weighted by atomic mass is 9.59. The monoisotopic (exact) mass is 500 g/mol. The van der Waals surface area contributed by atoms with E-state index in [4.69, 9.17) is 4.74 Å². The van der Waals surface area contributed by atoms with Crippen LogP contribution in [0.1, 0.15) is 69.4 Å². The molecule has 0 amide bonds. The van der Waals surface area contributed by atoms with Crippen molar-refractivity contribution in [2.75, 3.05) is 39.8 Å². The number of allylic oxidation sites excluding steroid dienone is 1. The highest BCUT2D eigenvalue weighted by Crippen LogP contribution is 2.67. The fraction of sp³-hybridized carbons (Fsp3) is 0.719. The number of aromatic nitrogens is 1. The van der Waals surface area contributed by atoms with Crippen LogP contribution in [0.25, 0.3) is 0 Å². The predicted octanol–water partition coefficient (Wildman–Crippen LogP) is 4.58. The van der Waals surface area contributed by atoms with Gasteiger partial charge in [0.05, 0.1) is 11.2 Å². The summed E-state index contributed by atoms with van der Waals surface area (Å²) in [4.78, 5) is 12.6. The number of ether oxygens (including phenoxy) is 1. The molecule has 5 heteroatoms. The van der Waals surface area contributed by atoms with Crippen LogP contribution in [0.15, 0.2) is 41.8 Å². The van der Waals surface area contributed by atoms with Crippen molar-refractivity contribution in [2.24, 2.45) is 11.3 Å². The molecule has 2 saturated carbocycles. The van der Waals surface area contributed by atoms with Gasteiger partial charge in [-0.25, -0.2) is 0 Å². The molecule has 1 aromatic rings. The average Bonchev–Trinajstić information content (AvgIpc) is 3.43. The number of pyridine rings is 1. The maximum atomic E-state index is 7.59. The van der Waals surface area contributed by atoms with Crippen molar-refractivity contribution in [1.29, 1.82) is 0 Å². The number of rotatable bonds is 2. The zero-order valence-electron chi connectivity index (χ0n) is 22.9. The quantitative estimate of drug-likeness (QED) is 0.593. The van der Waals surface area contributed by atoms with Crippen LogP contribution in [0.3, 0.4) is 0 Å². The molecule has 3 aliphatic carbocycles. The van der Waals surface area contributed by atoms with Crippen LogP contribution in [0.4, 0.5) is 0 Å². The first-order valence-electron chi connectivity index (χ1n) is 15.2. The summed E-state index contributed by atoms with van der Waals surface area (Å²) in [5, 5.41) is 0. The lowest BCUT2D eigenvalue weighted by Crippen LogP contribution is -2.58. The molecule has 4 aliphatic heterocycles. The summed E-state index contributed by atoms with van der Waals surface area (Å²) in [6.07, 6.45) is 20.6. The standard InChI is InChI=1S/C32H44N4O/c1-30-10-7-26-19-25-3-4-27(35-17-15-34(2)16-18-35)20-31(25)11-12-32(26,37-31)28(30)5-6-29(30)36-14-9-23-8-13-33-21-24(23)22-36/h7-8,13,19,21,27-29H,3-6,9-12,14-18,20,22H2,1-2H3. The van der Waals surface area contributed by atoms with E-state index in [2.05, 4.69) is 58.1 Å². The molecule has 37 heavy (non-hydrogen) atoms. The van der Waals surface area contributed by atoms with Crippen molar-refractivity contribution in [3.63, 3.8) is 0 Å². The molecule has 0 aromatic carbocycles. The molecule has 1 aromatic heterocycles. The van der Waals surface area contributed by atoms with Gasteiger partial charge < -0.3 is 9.64 Å². The summed E-state index contributed by atoms with van der Waals surface area (Å²) in [7, 11) is 2.27. The second-order valence-electron chi connectivity index (χ2n) is 13.8. The maximum Gasteiger partial charge on any atom is 0.0975 e. The summed E-state index contributed by atoms with van der Waals surface area (Å²) in [6.45, 7) is 9.76. The fourth-order valence-corrected chi connectivity index (χ4v) is 10.1. The van der Waals surface area contributed by atoms with Crippen molar-refractivity contribution < 1.29 is 4.74 Å². The van der Waals surface area contributed by atoms with Crippen molar-refractivity contribution in [3.8, 4) is 0 Å². The van der Waals surface area contributed by atoms with Gasteiger partial charge in [0.25, 0.3) is 0 Å². The van der Waals surface area contributed by atoms with E-state index in [0.717, 1.165) is 6.54 Å². The Morgan fingerprint density at radius 1 is 0.973 bits per heavy atom. The minimum absolute atomic E-state index is 0.00960. The fourth-order valence-electron chi connectivity index (χ4n) is 10.1. The van der Waals surface area contributed by atoms with Gasteiger partial charge in [-0.15, -0.1) is 0 Å². The molecule has 2 saturated heterocycles. The summed E-state index contributed by atoms with van der Waals surface area (Å²) in [6, 6.07) is 3.57. The molecule has 4 fully saturated rings. The third kappa shape index (κ3) is 3.33. The lowest BCUT2D eigenvalue weighted by molar-refractivity contribution is -0.146. The van der Waals surface area contributed by atoms with Crippen LogP contribution >= 0.6 is 0 Å². The molecule has 6 unspecified atom stereocenters. The Hall–Kier alpha value is -1.53. The second kappa shape index (κ2) is 8.24. The number of hydrogen-bond acceptors (Lipinski definition) is 5. The normalized spacial score (nSPS) is 43.9. The van der Waals surface area contributed by atoms with E-state index < -0.39 is 0 Å². The highest BCUT2D eigenvalue weighted by molar-refractivity contribution is 5.47. The van der Waals surface area contributed by atoms with Crippen molar-refractivity contribution in [3.05, 3.63) is 52.9 Å². The topological polar surface area (TPSA) is 31.8 Å². The molecule has 2 bridgehead atoms. The molecule has 8 rings (SSSR count). The van der Waals surface area contributed by atoms with E-state index >= 15 is 0 Å². The minimum atomic E-state index is -0.0372. The van der Waals surface area contributed by atoms with Crippen LogP contribution in [0.5, 0.6) is 0 Å². The van der Waals surface area contributed by atoms with Gasteiger partial charge in [-0.3, -0.25) is 14.8 Å². The number of likely N-dealkylation sites (N-methyl/N-ethyl adjacent to an activating group) is 1. The highest BCUT2D eigenvalue weighted by atomic mass is 16.5. The zero-order valence-corrected chi connectivity index (χ0v) is 22.9. The van der Waals surface area contributed by atoms with Gasteiger partial charge in [-0.05, 0) is 105 Å². The van der Waals surface area contributed by atoms with Crippen molar-refractivity contribution >= 4 is 0 Å². The first kappa shape index (κ1) is 23.4. The predicted molar refractivity (Wildman–Crippen MR) is 146 cm³/mol. The Labute approximate surface area is 222 Å². The van der Waals surface area contributed by atoms with Gasteiger partial charge in [0.2, 0.25) is 0 Å². The number of piperazine rings is 1. The summed E-state index contributed by atoms with van der Waals surface area (Å²) in [5.74, 6) is 0.640. The Bertz CT molecular complexity index is 1150. The van der Waals surface area contributed by atoms with Gasteiger partial charge in [0, 0.05) is 63.7 Å². The van der Waals surface area contributed by atoms with Gasteiger partial charge in [-0.1, -0.05) is 19.1 Å². The summed E-state index contributed by atoms with van der Waals surface area (Å²) >= 11 is 0. The van der Waals surface area contributed by atoms with Crippen molar-refractivity contribution in [1.82, 2.24) is 19.7 Å². The van der Waals surface area contributed by atoms with Gasteiger partial charge in [0.1, 0.15) is 0 Å². The first-order valence-corrected chi connectivity index (χ1v) is 15.2. The average molecular weight is 501 g/mol. The van der Waals surface area contributed by atoms with Crippen LogP contribution in [-0.2, 0) is 17.7 Å². The first-order chi connectivity index (χ1) is 18.0. The van der Waals surface area contributed by atoms with Crippen LogP contribution < -0.4 is 0 Å². The molecule has 7 aliphatic rings. The number of nitrogens with zero attached hydrogens (tertiary/aromatic N) is 4. The lowest BCUT2D eigenvalue weighted by Gasteiger charge is -2.56. The molecular weight excluding hydrogens is 456 g/mol. The van der Waals surface area contributed by atoms with E-state index in [-0.39, 0.29) is 11.2 Å². The summed E-state index contributed by atoms with van der Waals surface area (Å²) < 4.78 is 7.59. The van der Waals surface area contributed by atoms with E-state index in [9.17, 15) is 0 Å². The van der Waals surface area contributed by atoms with E-state index in [1.54, 1.807) is 11.1 Å². The SMILES string of the molecule is CN1CCN(C2CCC3=CC4=CCC5(C)C(N6CCc7ccncc7C6)CCC5C45CCC3(C2)O5)CC1. The van der Waals surface area contributed by atoms with E-state index in [1.165, 1.54) is 102 Å².